The van der Waals surface area contributed by atoms with E-state index in [1.54, 1.807) is 0 Å². The molecule has 4 heteroatoms. The van der Waals surface area contributed by atoms with Crippen molar-refractivity contribution in [2.24, 2.45) is 5.92 Å². The Morgan fingerprint density at radius 2 is 2.11 bits per heavy atom. The summed E-state index contributed by atoms with van der Waals surface area (Å²) >= 11 is 3.60. The zero-order valence-electron chi connectivity index (χ0n) is 11.0. The van der Waals surface area contributed by atoms with Crippen LogP contribution in [-0.4, -0.2) is 17.5 Å². The highest BCUT2D eigenvalue weighted by Crippen LogP contribution is 2.35. The summed E-state index contributed by atoms with van der Waals surface area (Å²) in [7, 11) is 0. The van der Waals surface area contributed by atoms with Crippen molar-refractivity contribution in [1.29, 1.82) is 0 Å². The van der Waals surface area contributed by atoms with Crippen molar-refractivity contribution < 1.29 is 13.5 Å². The van der Waals surface area contributed by atoms with Crippen LogP contribution in [0, 0.1) is 17.6 Å². The molecule has 0 bridgehead atoms. The van der Waals surface area contributed by atoms with E-state index in [0.29, 0.717) is 24.0 Å². The maximum Gasteiger partial charge on any atom is 0.129 e. The van der Waals surface area contributed by atoms with E-state index in [0.717, 1.165) is 31.9 Å². The van der Waals surface area contributed by atoms with Gasteiger partial charge >= 0.3 is 0 Å². The Balaban J connectivity index is 1.77. The molecule has 1 fully saturated rings. The van der Waals surface area contributed by atoms with Crippen LogP contribution in [0.5, 0.6) is 0 Å². The summed E-state index contributed by atoms with van der Waals surface area (Å²) in [5, 5.41) is 0. The van der Waals surface area contributed by atoms with E-state index in [2.05, 4.69) is 15.9 Å². The molecule has 0 heterocycles. The van der Waals surface area contributed by atoms with Gasteiger partial charge in [-0.1, -0.05) is 22.0 Å². The summed E-state index contributed by atoms with van der Waals surface area (Å²) in [5.74, 6) is -0.319. The summed E-state index contributed by atoms with van der Waals surface area (Å²) in [6.07, 6.45) is 4.23. The minimum atomic E-state index is -0.522. The summed E-state index contributed by atoms with van der Waals surface area (Å²) in [6, 6.07) is 3.79. The van der Waals surface area contributed by atoms with Crippen LogP contribution in [0.2, 0.25) is 0 Å². The lowest BCUT2D eigenvalue weighted by atomic mass is 9.79. The Labute approximate surface area is 121 Å². The van der Waals surface area contributed by atoms with Crippen LogP contribution in [0.3, 0.4) is 0 Å². The maximum absolute atomic E-state index is 13.5. The van der Waals surface area contributed by atoms with E-state index >= 15 is 0 Å². The summed E-state index contributed by atoms with van der Waals surface area (Å²) in [6.45, 7) is 2.79. The first-order valence-electron chi connectivity index (χ1n) is 6.78. The number of rotatable bonds is 6. The number of halogens is 3. The SMILES string of the molecule is CCOC1CC(CC(Br)Cc2ccc(F)cc2F)C1. The standard InChI is InChI=1S/C15H19BrF2O/c1-2-19-14-6-10(7-14)5-12(16)8-11-3-4-13(17)9-15(11)18/h3-4,9-10,12,14H,2,5-8H2,1H3. The molecule has 1 aliphatic carbocycles. The van der Waals surface area contributed by atoms with Gasteiger partial charge in [-0.15, -0.1) is 0 Å². The van der Waals surface area contributed by atoms with Crippen molar-refractivity contribution in [1.82, 2.24) is 0 Å². The molecule has 2 rings (SSSR count). The first-order valence-corrected chi connectivity index (χ1v) is 7.69. The highest BCUT2D eigenvalue weighted by molar-refractivity contribution is 9.09. The molecule has 0 aromatic heterocycles. The second-order valence-electron chi connectivity index (χ2n) is 5.19. The van der Waals surface area contributed by atoms with Crippen molar-refractivity contribution in [3.05, 3.63) is 35.4 Å². The number of hydrogen-bond acceptors (Lipinski definition) is 1. The molecular formula is C15H19BrF2O. The van der Waals surface area contributed by atoms with Gasteiger partial charge in [-0.2, -0.15) is 0 Å². The molecule has 1 aromatic rings. The van der Waals surface area contributed by atoms with E-state index in [1.807, 2.05) is 6.92 Å². The van der Waals surface area contributed by atoms with Gasteiger partial charge in [0.1, 0.15) is 11.6 Å². The average Bonchev–Trinajstić information content (AvgIpc) is 2.30. The van der Waals surface area contributed by atoms with Crippen LogP contribution in [0.4, 0.5) is 8.78 Å². The summed E-state index contributed by atoms with van der Waals surface area (Å²) < 4.78 is 31.9. The zero-order chi connectivity index (χ0) is 13.8. The third kappa shape index (κ3) is 4.25. The number of ether oxygens (including phenoxy) is 1. The van der Waals surface area contributed by atoms with Crippen LogP contribution in [0.15, 0.2) is 18.2 Å². The van der Waals surface area contributed by atoms with Crippen LogP contribution >= 0.6 is 15.9 Å². The molecular weight excluding hydrogens is 314 g/mol. The van der Waals surface area contributed by atoms with Gasteiger partial charge < -0.3 is 4.74 Å². The lowest BCUT2D eigenvalue weighted by Gasteiger charge is -2.36. The van der Waals surface area contributed by atoms with E-state index in [-0.39, 0.29) is 4.83 Å². The third-order valence-corrected chi connectivity index (χ3v) is 4.34. The first-order chi connectivity index (χ1) is 9.08. The molecule has 1 unspecified atom stereocenters. The summed E-state index contributed by atoms with van der Waals surface area (Å²) in [5.41, 5.74) is 0.573. The lowest BCUT2D eigenvalue weighted by Crippen LogP contribution is -2.33. The Morgan fingerprint density at radius 1 is 1.37 bits per heavy atom. The first kappa shape index (κ1) is 14.9. The second kappa shape index (κ2) is 6.80. The zero-order valence-corrected chi connectivity index (χ0v) is 12.6. The smallest absolute Gasteiger partial charge is 0.129 e. The Morgan fingerprint density at radius 3 is 2.74 bits per heavy atom. The molecule has 106 valence electrons. The van der Waals surface area contributed by atoms with Gasteiger partial charge in [0.2, 0.25) is 0 Å². The van der Waals surface area contributed by atoms with Crippen LogP contribution in [0.1, 0.15) is 31.7 Å². The van der Waals surface area contributed by atoms with Crippen molar-refractivity contribution in [2.45, 2.75) is 43.5 Å². The van der Waals surface area contributed by atoms with E-state index < -0.39 is 11.6 Å². The highest BCUT2D eigenvalue weighted by Gasteiger charge is 2.30. The van der Waals surface area contributed by atoms with Crippen LogP contribution < -0.4 is 0 Å². The Hall–Kier alpha value is -0.480. The molecule has 0 saturated heterocycles. The molecule has 0 amide bonds. The molecule has 0 spiro atoms. The predicted molar refractivity (Wildman–Crippen MR) is 75.5 cm³/mol. The Bertz CT molecular complexity index is 419. The van der Waals surface area contributed by atoms with E-state index in [4.69, 9.17) is 4.74 Å². The minimum absolute atomic E-state index is 0.236. The maximum atomic E-state index is 13.5. The van der Waals surface area contributed by atoms with E-state index in [1.165, 1.54) is 12.1 Å². The fourth-order valence-corrected chi connectivity index (χ4v) is 3.49. The average molecular weight is 333 g/mol. The monoisotopic (exact) mass is 332 g/mol. The fourth-order valence-electron chi connectivity index (χ4n) is 2.61. The van der Waals surface area contributed by atoms with Gasteiger partial charge in [-0.05, 0) is 50.2 Å². The number of benzene rings is 1. The molecule has 1 saturated carbocycles. The molecule has 0 aliphatic heterocycles. The molecule has 0 N–H and O–H groups in total. The lowest BCUT2D eigenvalue weighted by molar-refractivity contribution is -0.0264. The number of hydrogen-bond donors (Lipinski definition) is 0. The highest BCUT2D eigenvalue weighted by atomic mass is 79.9. The van der Waals surface area contributed by atoms with Gasteiger partial charge in [0.15, 0.2) is 0 Å². The minimum Gasteiger partial charge on any atom is -0.378 e. The van der Waals surface area contributed by atoms with Gasteiger partial charge in [-0.25, -0.2) is 8.78 Å². The van der Waals surface area contributed by atoms with Crippen molar-refractivity contribution in [2.75, 3.05) is 6.61 Å². The van der Waals surface area contributed by atoms with Gasteiger partial charge in [0, 0.05) is 17.5 Å². The Kier molecular flexibility index (Phi) is 5.34. The van der Waals surface area contributed by atoms with E-state index in [9.17, 15) is 8.78 Å². The molecule has 1 atom stereocenters. The van der Waals surface area contributed by atoms with Gasteiger partial charge in [0.05, 0.1) is 6.10 Å². The third-order valence-electron chi connectivity index (χ3n) is 3.64. The molecule has 1 nitrogen and oxygen atoms in total. The number of alkyl halides is 1. The molecule has 19 heavy (non-hydrogen) atoms. The molecule has 1 aliphatic rings. The summed E-state index contributed by atoms with van der Waals surface area (Å²) in [4.78, 5) is 0.236. The largest absolute Gasteiger partial charge is 0.378 e. The second-order valence-corrected chi connectivity index (χ2v) is 6.48. The van der Waals surface area contributed by atoms with Crippen molar-refractivity contribution in [3.63, 3.8) is 0 Å². The molecule has 1 aromatic carbocycles. The topological polar surface area (TPSA) is 9.23 Å². The van der Waals surface area contributed by atoms with Crippen molar-refractivity contribution in [3.8, 4) is 0 Å². The van der Waals surface area contributed by atoms with Gasteiger partial charge in [-0.3, -0.25) is 0 Å². The quantitative estimate of drug-likeness (QED) is 0.698. The van der Waals surface area contributed by atoms with Crippen molar-refractivity contribution >= 4 is 15.9 Å². The van der Waals surface area contributed by atoms with Gasteiger partial charge in [0.25, 0.3) is 0 Å². The fraction of sp³-hybridized carbons (Fsp3) is 0.600. The molecule has 0 radical (unpaired) electrons. The normalized spacial score (nSPS) is 24.0. The predicted octanol–water partition coefficient (Wildman–Crippen LogP) is 4.48. The van der Waals surface area contributed by atoms with Crippen LogP contribution in [-0.2, 0) is 11.2 Å². The van der Waals surface area contributed by atoms with Crippen LogP contribution in [0.25, 0.3) is 0 Å².